The van der Waals surface area contributed by atoms with Crippen molar-refractivity contribution in [3.05, 3.63) is 98.8 Å². The van der Waals surface area contributed by atoms with Gasteiger partial charge in [0.2, 0.25) is 5.76 Å². The summed E-state index contributed by atoms with van der Waals surface area (Å²) in [4.78, 5) is 28.5. The minimum atomic E-state index is -0.689. The Labute approximate surface area is 172 Å². The molecule has 0 spiro atoms. The Bertz CT molecular complexity index is 1350. The van der Waals surface area contributed by atoms with Gasteiger partial charge in [0.1, 0.15) is 17.1 Å². The van der Waals surface area contributed by atoms with Crippen LogP contribution in [0.25, 0.3) is 11.0 Å². The van der Waals surface area contributed by atoms with E-state index in [-0.39, 0.29) is 35.0 Å². The van der Waals surface area contributed by atoms with Crippen molar-refractivity contribution in [3.63, 3.8) is 0 Å². The molecule has 0 bridgehead atoms. The fraction of sp³-hybridized carbons (Fsp3) is 0.167. The van der Waals surface area contributed by atoms with Crippen molar-refractivity contribution in [1.29, 1.82) is 0 Å². The summed E-state index contributed by atoms with van der Waals surface area (Å²) < 4.78 is 11.4. The second-order valence-corrected chi connectivity index (χ2v) is 7.64. The highest BCUT2D eigenvalue weighted by Gasteiger charge is 2.43. The van der Waals surface area contributed by atoms with Crippen LogP contribution in [0, 0.1) is 13.8 Å². The number of amides is 1. The van der Waals surface area contributed by atoms with Crippen LogP contribution in [0.5, 0.6) is 5.75 Å². The summed E-state index contributed by atoms with van der Waals surface area (Å²) in [6, 6.07) is 13.1. The standard InChI is InChI=1S/C24H19NO5/c1-13-9-14(2)19-18(10-13)30-23-20(22(19)27)21(15-5-3-6-16(26)11-15)25(24(23)28)12-17-7-4-8-29-17/h3-11,21,26H,12H2,1-2H3. The number of aryl methyl sites for hydroxylation is 2. The number of carbonyl (C=O) groups excluding carboxylic acids is 1. The number of hydrogen-bond acceptors (Lipinski definition) is 5. The van der Waals surface area contributed by atoms with E-state index in [1.165, 1.54) is 6.26 Å². The smallest absolute Gasteiger partial charge is 0.291 e. The number of furan rings is 1. The maximum absolute atomic E-state index is 13.6. The Morgan fingerprint density at radius 2 is 1.90 bits per heavy atom. The Hall–Kier alpha value is -3.80. The number of benzene rings is 2. The molecule has 0 saturated heterocycles. The molecule has 1 unspecified atom stereocenters. The summed E-state index contributed by atoms with van der Waals surface area (Å²) in [5.41, 5.74) is 2.84. The van der Waals surface area contributed by atoms with Crippen LogP contribution >= 0.6 is 0 Å². The molecule has 30 heavy (non-hydrogen) atoms. The molecule has 1 aliphatic rings. The van der Waals surface area contributed by atoms with E-state index in [9.17, 15) is 14.7 Å². The number of hydrogen-bond donors (Lipinski definition) is 1. The van der Waals surface area contributed by atoms with E-state index in [0.29, 0.717) is 22.3 Å². The molecule has 1 aliphatic heterocycles. The van der Waals surface area contributed by atoms with Crippen LogP contribution < -0.4 is 5.43 Å². The Kier molecular flexibility index (Phi) is 4.03. The van der Waals surface area contributed by atoms with Crippen LogP contribution in [0.1, 0.15) is 44.6 Å². The fourth-order valence-electron chi connectivity index (χ4n) is 4.29. The molecule has 2 aromatic carbocycles. The zero-order valence-electron chi connectivity index (χ0n) is 16.5. The minimum Gasteiger partial charge on any atom is -0.508 e. The zero-order chi connectivity index (χ0) is 21.0. The van der Waals surface area contributed by atoms with Gasteiger partial charge in [-0.05, 0) is 60.9 Å². The normalized spacial score (nSPS) is 15.7. The number of phenolic OH excluding ortho intramolecular Hbond substituents is 1. The molecule has 150 valence electrons. The lowest BCUT2D eigenvalue weighted by molar-refractivity contribution is 0.0701. The Morgan fingerprint density at radius 3 is 2.63 bits per heavy atom. The molecule has 0 saturated carbocycles. The predicted octanol–water partition coefficient (Wildman–Crippen LogP) is 4.45. The van der Waals surface area contributed by atoms with Gasteiger partial charge >= 0.3 is 0 Å². The molecule has 3 heterocycles. The van der Waals surface area contributed by atoms with Crippen molar-refractivity contribution < 1.29 is 18.7 Å². The number of phenols is 1. The van der Waals surface area contributed by atoms with Gasteiger partial charge in [0, 0.05) is 0 Å². The lowest BCUT2D eigenvalue weighted by atomic mass is 9.96. The lowest BCUT2D eigenvalue weighted by Gasteiger charge is -2.24. The van der Waals surface area contributed by atoms with Gasteiger partial charge in [-0.25, -0.2) is 0 Å². The van der Waals surface area contributed by atoms with E-state index >= 15 is 0 Å². The molecule has 0 aliphatic carbocycles. The van der Waals surface area contributed by atoms with E-state index in [4.69, 9.17) is 8.83 Å². The largest absolute Gasteiger partial charge is 0.508 e. The maximum atomic E-state index is 13.6. The second-order valence-electron chi connectivity index (χ2n) is 7.64. The Morgan fingerprint density at radius 1 is 1.07 bits per heavy atom. The first-order valence-electron chi connectivity index (χ1n) is 9.64. The molecule has 0 fully saturated rings. The van der Waals surface area contributed by atoms with Crippen molar-refractivity contribution >= 4 is 16.9 Å². The van der Waals surface area contributed by atoms with Crippen LogP contribution in [0.4, 0.5) is 0 Å². The van der Waals surface area contributed by atoms with Crippen LogP contribution in [0.15, 0.2) is 68.4 Å². The monoisotopic (exact) mass is 401 g/mol. The van der Waals surface area contributed by atoms with Gasteiger partial charge in [-0.2, -0.15) is 0 Å². The second kappa shape index (κ2) is 6.62. The molecule has 1 atom stereocenters. The highest BCUT2D eigenvalue weighted by atomic mass is 16.4. The highest BCUT2D eigenvalue weighted by Crippen LogP contribution is 2.40. The molecule has 5 rings (SSSR count). The molecular formula is C24H19NO5. The minimum absolute atomic E-state index is 0.0393. The fourth-order valence-corrected chi connectivity index (χ4v) is 4.29. The van der Waals surface area contributed by atoms with E-state index < -0.39 is 6.04 Å². The predicted molar refractivity (Wildman–Crippen MR) is 110 cm³/mol. The van der Waals surface area contributed by atoms with Crippen molar-refractivity contribution in [3.8, 4) is 5.75 Å². The number of fused-ring (bicyclic) bond motifs is 2. The van der Waals surface area contributed by atoms with Gasteiger partial charge in [-0.15, -0.1) is 0 Å². The maximum Gasteiger partial charge on any atom is 0.291 e. The number of nitrogens with zero attached hydrogens (tertiary/aromatic N) is 1. The zero-order valence-corrected chi connectivity index (χ0v) is 16.5. The summed E-state index contributed by atoms with van der Waals surface area (Å²) in [6.45, 7) is 3.95. The quantitative estimate of drug-likeness (QED) is 0.548. The summed E-state index contributed by atoms with van der Waals surface area (Å²) in [7, 11) is 0. The molecular weight excluding hydrogens is 382 g/mol. The first kappa shape index (κ1) is 18.2. The van der Waals surface area contributed by atoms with E-state index in [0.717, 1.165) is 11.1 Å². The molecule has 6 heteroatoms. The topological polar surface area (TPSA) is 83.9 Å². The third-order valence-electron chi connectivity index (χ3n) is 5.50. The number of carbonyl (C=O) groups is 1. The summed E-state index contributed by atoms with van der Waals surface area (Å²) in [5.74, 6) is 0.305. The first-order valence-corrected chi connectivity index (χ1v) is 9.64. The van der Waals surface area contributed by atoms with Gasteiger partial charge in [-0.1, -0.05) is 18.2 Å². The third-order valence-corrected chi connectivity index (χ3v) is 5.50. The summed E-state index contributed by atoms with van der Waals surface area (Å²) in [6.07, 6.45) is 1.54. The molecule has 2 aromatic heterocycles. The van der Waals surface area contributed by atoms with Gasteiger partial charge < -0.3 is 18.8 Å². The lowest BCUT2D eigenvalue weighted by Crippen LogP contribution is -2.29. The SMILES string of the molecule is Cc1cc(C)c2c(=O)c3c(oc2c1)C(=O)N(Cc1ccco1)C3c1cccc(O)c1. The van der Waals surface area contributed by atoms with E-state index in [1.54, 1.807) is 47.4 Å². The van der Waals surface area contributed by atoms with E-state index in [1.807, 2.05) is 19.9 Å². The van der Waals surface area contributed by atoms with Crippen molar-refractivity contribution in [2.45, 2.75) is 26.4 Å². The van der Waals surface area contributed by atoms with Crippen LogP contribution in [-0.4, -0.2) is 15.9 Å². The molecule has 0 radical (unpaired) electrons. The van der Waals surface area contributed by atoms with Crippen molar-refractivity contribution in [1.82, 2.24) is 4.90 Å². The van der Waals surface area contributed by atoms with Crippen LogP contribution in [0.2, 0.25) is 0 Å². The summed E-state index contributed by atoms with van der Waals surface area (Å²) >= 11 is 0. The van der Waals surface area contributed by atoms with Crippen molar-refractivity contribution in [2.24, 2.45) is 0 Å². The number of rotatable bonds is 3. The van der Waals surface area contributed by atoms with Gasteiger partial charge in [0.15, 0.2) is 5.43 Å². The summed E-state index contributed by atoms with van der Waals surface area (Å²) in [5, 5.41) is 10.5. The van der Waals surface area contributed by atoms with Gasteiger partial charge in [-0.3, -0.25) is 9.59 Å². The number of aromatic hydroxyl groups is 1. The first-order chi connectivity index (χ1) is 14.4. The molecule has 1 N–H and O–H groups in total. The molecule has 6 nitrogen and oxygen atoms in total. The van der Waals surface area contributed by atoms with Crippen molar-refractivity contribution in [2.75, 3.05) is 0 Å². The molecule has 4 aromatic rings. The molecule has 1 amide bonds. The Balaban J connectivity index is 1.79. The van der Waals surface area contributed by atoms with Gasteiger partial charge in [0.25, 0.3) is 5.91 Å². The van der Waals surface area contributed by atoms with Crippen LogP contribution in [-0.2, 0) is 6.54 Å². The van der Waals surface area contributed by atoms with Gasteiger partial charge in [0.05, 0.1) is 29.8 Å². The van der Waals surface area contributed by atoms with Crippen LogP contribution in [0.3, 0.4) is 0 Å². The highest BCUT2D eigenvalue weighted by molar-refractivity contribution is 5.99. The van der Waals surface area contributed by atoms with E-state index in [2.05, 4.69) is 0 Å². The average Bonchev–Trinajstić information content (AvgIpc) is 3.29. The third kappa shape index (κ3) is 2.72. The average molecular weight is 401 g/mol.